The number of hydrogen-bond donors (Lipinski definition) is 0. The molecule has 0 amide bonds. The van der Waals surface area contributed by atoms with Gasteiger partial charge in [-0.25, -0.2) is 4.79 Å². The van der Waals surface area contributed by atoms with Gasteiger partial charge in [-0.3, -0.25) is 0 Å². The van der Waals surface area contributed by atoms with Gasteiger partial charge in [0.05, 0.1) is 12.9 Å². The van der Waals surface area contributed by atoms with Crippen LogP contribution in [0, 0.1) is 0 Å². The maximum atomic E-state index is 11.1. The lowest BCUT2D eigenvalue weighted by atomic mass is 10.4. The molecule has 0 spiro atoms. The van der Waals surface area contributed by atoms with Crippen LogP contribution in [0.2, 0.25) is 0 Å². The number of halogens is 1. The van der Waals surface area contributed by atoms with Crippen LogP contribution in [-0.2, 0) is 9.53 Å². The van der Waals surface area contributed by atoms with Gasteiger partial charge in [-0.05, 0) is 35.0 Å². The normalized spacial score (nSPS) is 11.4. The van der Waals surface area contributed by atoms with Crippen molar-refractivity contribution in [1.29, 1.82) is 0 Å². The van der Waals surface area contributed by atoms with Crippen LogP contribution in [-0.4, -0.2) is 12.6 Å². The molecule has 0 radical (unpaired) electrons. The van der Waals surface area contributed by atoms with E-state index in [1.165, 1.54) is 6.26 Å². The van der Waals surface area contributed by atoms with Crippen molar-refractivity contribution in [2.24, 2.45) is 0 Å². The van der Waals surface area contributed by atoms with Crippen molar-refractivity contribution < 1.29 is 13.9 Å². The Bertz CT molecular complexity index is 301. The molecule has 3 nitrogen and oxygen atoms in total. The molecular weight excluding hydrogens is 236 g/mol. The Morgan fingerprint density at radius 2 is 2.54 bits per heavy atom. The molecule has 1 rings (SSSR count). The average Bonchev–Trinajstić information content (AvgIpc) is 2.57. The van der Waals surface area contributed by atoms with Crippen molar-refractivity contribution in [1.82, 2.24) is 0 Å². The SMILES string of the molecule is CCOC(=O)/C(Br)=C\c1ccco1. The highest BCUT2D eigenvalue weighted by molar-refractivity contribution is 9.12. The first-order valence-electron chi connectivity index (χ1n) is 3.82. The average molecular weight is 245 g/mol. The summed E-state index contributed by atoms with van der Waals surface area (Å²) in [7, 11) is 0. The van der Waals surface area contributed by atoms with Crippen molar-refractivity contribution >= 4 is 28.0 Å². The molecule has 0 N–H and O–H groups in total. The first-order valence-corrected chi connectivity index (χ1v) is 4.61. The van der Waals surface area contributed by atoms with Crippen LogP contribution in [0.5, 0.6) is 0 Å². The minimum atomic E-state index is -0.390. The Morgan fingerprint density at radius 1 is 1.77 bits per heavy atom. The lowest BCUT2D eigenvalue weighted by molar-refractivity contribution is -0.137. The van der Waals surface area contributed by atoms with Gasteiger partial charge in [0.25, 0.3) is 0 Å². The Hall–Kier alpha value is -1.03. The summed E-state index contributed by atoms with van der Waals surface area (Å²) in [5, 5.41) is 0. The number of hydrogen-bond acceptors (Lipinski definition) is 3. The molecule has 13 heavy (non-hydrogen) atoms. The van der Waals surface area contributed by atoms with Gasteiger partial charge in [0.15, 0.2) is 0 Å². The number of carbonyl (C=O) groups is 1. The van der Waals surface area contributed by atoms with E-state index < -0.39 is 0 Å². The Kier molecular flexibility index (Phi) is 3.76. The van der Waals surface area contributed by atoms with Gasteiger partial charge in [-0.15, -0.1) is 0 Å². The van der Waals surface area contributed by atoms with E-state index in [-0.39, 0.29) is 5.97 Å². The maximum Gasteiger partial charge on any atom is 0.345 e. The highest BCUT2D eigenvalue weighted by atomic mass is 79.9. The van der Waals surface area contributed by atoms with Crippen molar-refractivity contribution in [2.75, 3.05) is 6.61 Å². The van der Waals surface area contributed by atoms with E-state index in [9.17, 15) is 4.79 Å². The zero-order valence-corrected chi connectivity index (χ0v) is 8.71. The molecule has 0 saturated carbocycles. The molecule has 1 aromatic rings. The van der Waals surface area contributed by atoms with Crippen LogP contribution >= 0.6 is 15.9 Å². The summed E-state index contributed by atoms with van der Waals surface area (Å²) in [5.41, 5.74) is 0. The number of ether oxygens (including phenoxy) is 1. The van der Waals surface area contributed by atoms with E-state index in [0.29, 0.717) is 16.8 Å². The summed E-state index contributed by atoms with van der Waals surface area (Å²) >= 11 is 3.09. The van der Waals surface area contributed by atoms with Crippen molar-refractivity contribution in [3.8, 4) is 0 Å². The predicted molar refractivity (Wildman–Crippen MR) is 52.2 cm³/mol. The molecular formula is C9H9BrO3. The van der Waals surface area contributed by atoms with Crippen LogP contribution in [0.15, 0.2) is 27.3 Å². The van der Waals surface area contributed by atoms with Gasteiger partial charge in [0.1, 0.15) is 10.2 Å². The van der Waals surface area contributed by atoms with Crippen molar-refractivity contribution in [3.05, 3.63) is 28.6 Å². The molecule has 4 heteroatoms. The molecule has 70 valence electrons. The largest absolute Gasteiger partial charge is 0.465 e. The van der Waals surface area contributed by atoms with Gasteiger partial charge in [0, 0.05) is 6.08 Å². The minimum Gasteiger partial charge on any atom is -0.465 e. The van der Waals surface area contributed by atoms with E-state index in [0.717, 1.165) is 0 Å². The zero-order chi connectivity index (χ0) is 9.68. The van der Waals surface area contributed by atoms with Crippen LogP contribution in [0.1, 0.15) is 12.7 Å². The second kappa shape index (κ2) is 4.87. The molecule has 1 aromatic heterocycles. The predicted octanol–water partition coefficient (Wildman–Crippen LogP) is 2.58. The molecule has 0 aliphatic carbocycles. The first kappa shape index (κ1) is 10.1. The zero-order valence-electron chi connectivity index (χ0n) is 7.12. The molecule has 1 heterocycles. The fourth-order valence-electron chi connectivity index (χ4n) is 0.757. The third-order valence-corrected chi connectivity index (χ3v) is 1.84. The van der Waals surface area contributed by atoms with Gasteiger partial charge in [-0.2, -0.15) is 0 Å². The topological polar surface area (TPSA) is 39.4 Å². The molecule has 0 unspecified atom stereocenters. The second-order valence-electron chi connectivity index (χ2n) is 2.23. The fourth-order valence-corrected chi connectivity index (χ4v) is 1.10. The molecule has 0 saturated heterocycles. The third-order valence-electron chi connectivity index (χ3n) is 1.28. The lowest BCUT2D eigenvalue weighted by Crippen LogP contribution is -2.02. The molecule has 0 atom stereocenters. The van der Waals surface area contributed by atoms with Crippen LogP contribution < -0.4 is 0 Å². The highest BCUT2D eigenvalue weighted by Crippen LogP contribution is 2.13. The fraction of sp³-hybridized carbons (Fsp3) is 0.222. The summed E-state index contributed by atoms with van der Waals surface area (Å²) in [4.78, 5) is 11.1. The summed E-state index contributed by atoms with van der Waals surface area (Å²) in [5.74, 6) is 0.221. The van der Waals surface area contributed by atoms with Crippen molar-refractivity contribution in [2.45, 2.75) is 6.92 Å². The van der Waals surface area contributed by atoms with Crippen molar-refractivity contribution in [3.63, 3.8) is 0 Å². The smallest absolute Gasteiger partial charge is 0.345 e. The molecule has 0 aromatic carbocycles. The molecule has 0 bridgehead atoms. The van der Waals surface area contributed by atoms with E-state index in [1.54, 1.807) is 25.1 Å². The van der Waals surface area contributed by atoms with Gasteiger partial charge < -0.3 is 9.15 Å². The first-order chi connectivity index (χ1) is 6.24. The second-order valence-corrected chi connectivity index (χ2v) is 3.08. The van der Waals surface area contributed by atoms with Crippen LogP contribution in [0.4, 0.5) is 0 Å². The summed E-state index contributed by atoms with van der Waals surface area (Å²) in [6.07, 6.45) is 3.11. The quantitative estimate of drug-likeness (QED) is 0.606. The molecule has 0 aliphatic heterocycles. The van der Waals surface area contributed by atoms with E-state index in [1.807, 2.05) is 0 Å². The van der Waals surface area contributed by atoms with Gasteiger partial charge in [0.2, 0.25) is 0 Å². The highest BCUT2D eigenvalue weighted by Gasteiger charge is 2.06. The summed E-state index contributed by atoms with van der Waals surface area (Å²) < 4.78 is 10.1. The summed E-state index contributed by atoms with van der Waals surface area (Å²) in [6, 6.07) is 3.50. The number of furan rings is 1. The van der Waals surface area contributed by atoms with E-state index >= 15 is 0 Å². The Balaban J connectivity index is 2.66. The standard InChI is InChI=1S/C9H9BrO3/c1-2-12-9(11)8(10)6-7-4-3-5-13-7/h3-6H,2H2,1H3/b8-6+. The number of carbonyl (C=O) groups excluding carboxylic acids is 1. The lowest BCUT2D eigenvalue weighted by Gasteiger charge is -1.98. The maximum absolute atomic E-state index is 11.1. The molecule has 0 aliphatic rings. The van der Waals surface area contributed by atoms with Crippen LogP contribution in [0.25, 0.3) is 6.08 Å². The van der Waals surface area contributed by atoms with Gasteiger partial charge >= 0.3 is 5.97 Å². The Labute approximate surface area is 84.5 Å². The third kappa shape index (κ3) is 3.06. The van der Waals surface area contributed by atoms with E-state index in [4.69, 9.17) is 9.15 Å². The van der Waals surface area contributed by atoms with Crippen LogP contribution in [0.3, 0.4) is 0 Å². The van der Waals surface area contributed by atoms with Gasteiger partial charge in [-0.1, -0.05) is 0 Å². The molecule has 0 fully saturated rings. The minimum absolute atomic E-state index is 0.351. The summed E-state index contributed by atoms with van der Waals surface area (Å²) in [6.45, 7) is 2.12. The Morgan fingerprint density at radius 3 is 3.08 bits per heavy atom. The number of rotatable bonds is 3. The van der Waals surface area contributed by atoms with E-state index in [2.05, 4.69) is 15.9 Å². The number of esters is 1. The monoisotopic (exact) mass is 244 g/mol.